The van der Waals surface area contributed by atoms with Crippen LogP contribution in [-0.2, 0) is 10.2 Å². The fourth-order valence-electron chi connectivity index (χ4n) is 5.54. The summed E-state index contributed by atoms with van der Waals surface area (Å²) < 4.78 is 0. The van der Waals surface area contributed by atoms with E-state index in [2.05, 4.69) is 41.8 Å². The highest BCUT2D eigenvalue weighted by Gasteiger charge is 2.37. The van der Waals surface area contributed by atoms with Gasteiger partial charge in [0, 0.05) is 30.5 Å². The van der Waals surface area contributed by atoms with Crippen molar-refractivity contribution in [3.8, 4) is 0 Å². The Labute approximate surface area is 164 Å². The van der Waals surface area contributed by atoms with E-state index in [0.717, 1.165) is 13.0 Å². The highest BCUT2D eigenvalue weighted by Crippen LogP contribution is 2.41. The minimum atomic E-state index is 0. The Balaban J connectivity index is 0.00000196. The largest absolute Gasteiger partial charge is 0.355 e. The summed E-state index contributed by atoms with van der Waals surface area (Å²) in [5.74, 6) is 0.850. The molecular formula is C22H33ClN2O. The van der Waals surface area contributed by atoms with E-state index in [-0.39, 0.29) is 23.7 Å². The van der Waals surface area contributed by atoms with E-state index in [4.69, 9.17) is 0 Å². The fraction of sp³-hybridized carbons (Fsp3) is 0.682. The Hall–Kier alpha value is -1.06. The Bertz CT molecular complexity index is 614. The van der Waals surface area contributed by atoms with Gasteiger partial charge in [-0.25, -0.2) is 0 Å². The van der Waals surface area contributed by atoms with Crippen LogP contribution in [0.3, 0.4) is 0 Å². The lowest BCUT2D eigenvalue weighted by atomic mass is 9.78. The van der Waals surface area contributed by atoms with Gasteiger partial charge in [0.1, 0.15) is 0 Å². The molecular weight excluding hydrogens is 344 g/mol. The van der Waals surface area contributed by atoms with Crippen LogP contribution in [0, 0.1) is 12.8 Å². The number of carbonyl (C=O) groups is 1. The van der Waals surface area contributed by atoms with Crippen LogP contribution in [-0.4, -0.2) is 24.5 Å². The van der Waals surface area contributed by atoms with Gasteiger partial charge in [0.2, 0.25) is 5.91 Å². The Morgan fingerprint density at radius 1 is 1.19 bits per heavy atom. The molecule has 1 aromatic carbocycles. The summed E-state index contributed by atoms with van der Waals surface area (Å²) in [7, 11) is 0. The second-order valence-electron chi connectivity index (χ2n) is 8.81. The highest BCUT2D eigenvalue weighted by atomic mass is 35.5. The first kappa shape index (κ1) is 19.7. The molecule has 4 heteroatoms. The summed E-state index contributed by atoms with van der Waals surface area (Å²) in [6.07, 6.45) is 10.7. The zero-order chi connectivity index (χ0) is 17.3. The molecule has 1 amide bonds. The fourth-order valence-corrected chi connectivity index (χ4v) is 5.54. The Morgan fingerprint density at radius 2 is 1.88 bits per heavy atom. The van der Waals surface area contributed by atoms with Crippen LogP contribution < -0.4 is 10.6 Å². The predicted octanol–water partition coefficient (Wildman–Crippen LogP) is 4.27. The van der Waals surface area contributed by atoms with Crippen molar-refractivity contribution in [2.45, 2.75) is 82.2 Å². The third-order valence-corrected chi connectivity index (χ3v) is 6.86. The van der Waals surface area contributed by atoms with Crippen molar-refractivity contribution in [2.75, 3.05) is 6.54 Å². The monoisotopic (exact) mass is 376 g/mol. The first-order valence-electron chi connectivity index (χ1n) is 10.2. The summed E-state index contributed by atoms with van der Waals surface area (Å²) in [6.45, 7) is 2.98. The van der Waals surface area contributed by atoms with Crippen LogP contribution in [0.15, 0.2) is 24.3 Å². The average molecular weight is 377 g/mol. The van der Waals surface area contributed by atoms with Crippen LogP contribution in [0.4, 0.5) is 0 Å². The summed E-state index contributed by atoms with van der Waals surface area (Å²) in [6, 6.07) is 10.2. The molecule has 4 rings (SSSR count). The minimum absolute atomic E-state index is 0. The van der Waals surface area contributed by atoms with E-state index in [1.807, 2.05) is 0 Å². The topological polar surface area (TPSA) is 41.1 Å². The molecule has 0 aromatic heterocycles. The van der Waals surface area contributed by atoms with E-state index < -0.39 is 0 Å². The summed E-state index contributed by atoms with van der Waals surface area (Å²) in [4.78, 5) is 12.6. The van der Waals surface area contributed by atoms with Crippen LogP contribution in [0.2, 0.25) is 0 Å². The van der Waals surface area contributed by atoms with Gasteiger partial charge in [0.15, 0.2) is 0 Å². The minimum Gasteiger partial charge on any atom is -0.355 e. The standard InChI is InChI=1S/C22H32N2O.ClH/c1-16-5-4-6-18(11-16)22(9-2-3-10-22)15-23-21(25)14-17-12-19-7-8-20(13-17)24-19;/h4-6,11,17,19-20,24H,2-3,7-10,12-15H2,1H3,(H,23,25);1H. The lowest BCUT2D eigenvalue weighted by molar-refractivity contribution is -0.122. The van der Waals surface area contributed by atoms with E-state index >= 15 is 0 Å². The SMILES string of the molecule is Cc1cccc(C2(CNC(=O)CC3CC4CCC(C3)N4)CCCC2)c1.Cl. The number of aryl methyl sites for hydroxylation is 1. The van der Waals surface area contributed by atoms with Crippen LogP contribution in [0.25, 0.3) is 0 Å². The van der Waals surface area contributed by atoms with Crippen molar-refractivity contribution in [1.29, 1.82) is 0 Å². The summed E-state index contributed by atoms with van der Waals surface area (Å²) >= 11 is 0. The Kier molecular flexibility index (Phi) is 6.29. The molecule has 2 unspecified atom stereocenters. The van der Waals surface area contributed by atoms with Crippen LogP contribution in [0.5, 0.6) is 0 Å². The van der Waals surface area contributed by atoms with E-state index in [9.17, 15) is 4.79 Å². The van der Waals surface area contributed by atoms with E-state index in [0.29, 0.717) is 18.0 Å². The zero-order valence-electron chi connectivity index (χ0n) is 15.9. The molecule has 2 bridgehead atoms. The van der Waals surface area contributed by atoms with E-state index in [1.165, 1.54) is 62.5 Å². The van der Waals surface area contributed by atoms with Gasteiger partial charge < -0.3 is 10.6 Å². The summed E-state index contributed by atoms with van der Waals surface area (Å²) in [5.41, 5.74) is 2.90. The van der Waals surface area contributed by atoms with Gasteiger partial charge >= 0.3 is 0 Å². The number of carbonyl (C=O) groups excluding carboxylic acids is 1. The second-order valence-corrected chi connectivity index (χ2v) is 8.81. The number of piperidine rings is 1. The van der Waals surface area contributed by atoms with Gasteiger partial charge in [-0.2, -0.15) is 0 Å². The lowest BCUT2D eigenvalue weighted by Gasteiger charge is -2.32. The molecule has 1 saturated carbocycles. The average Bonchev–Trinajstić information content (AvgIpc) is 3.21. The first-order valence-corrected chi connectivity index (χ1v) is 10.2. The number of amides is 1. The zero-order valence-corrected chi connectivity index (χ0v) is 16.7. The highest BCUT2D eigenvalue weighted by molar-refractivity contribution is 5.85. The van der Waals surface area contributed by atoms with Crippen molar-refractivity contribution in [2.24, 2.45) is 5.92 Å². The van der Waals surface area contributed by atoms with Crippen molar-refractivity contribution < 1.29 is 4.79 Å². The third-order valence-electron chi connectivity index (χ3n) is 6.86. The van der Waals surface area contributed by atoms with Gasteiger partial charge in [0.05, 0.1) is 0 Å². The molecule has 3 fully saturated rings. The molecule has 0 spiro atoms. The third kappa shape index (κ3) is 4.26. The number of halogens is 1. The first-order chi connectivity index (χ1) is 12.1. The van der Waals surface area contributed by atoms with Crippen LogP contribution >= 0.6 is 12.4 Å². The second kappa shape index (κ2) is 8.31. The maximum absolute atomic E-state index is 12.6. The molecule has 1 aromatic rings. The normalized spacial score (nSPS) is 29.2. The molecule has 3 nitrogen and oxygen atoms in total. The van der Waals surface area contributed by atoms with Crippen molar-refractivity contribution >= 4 is 18.3 Å². The number of hydrogen-bond donors (Lipinski definition) is 2. The van der Waals surface area contributed by atoms with Crippen LogP contribution in [0.1, 0.15) is 68.9 Å². The van der Waals surface area contributed by atoms with Gasteiger partial charge in [-0.05, 0) is 56.9 Å². The number of benzene rings is 1. The van der Waals surface area contributed by atoms with E-state index in [1.54, 1.807) is 0 Å². The van der Waals surface area contributed by atoms with Gasteiger partial charge in [0.25, 0.3) is 0 Å². The quantitative estimate of drug-likeness (QED) is 0.805. The smallest absolute Gasteiger partial charge is 0.220 e. The number of fused-ring (bicyclic) bond motifs is 2. The molecule has 2 saturated heterocycles. The molecule has 144 valence electrons. The lowest BCUT2D eigenvalue weighted by Crippen LogP contribution is -2.42. The predicted molar refractivity (Wildman–Crippen MR) is 109 cm³/mol. The van der Waals surface area contributed by atoms with Gasteiger partial charge in [-0.1, -0.05) is 42.7 Å². The van der Waals surface area contributed by atoms with Gasteiger partial charge in [-0.15, -0.1) is 12.4 Å². The maximum Gasteiger partial charge on any atom is 0.220 e. The molecule has 2 atom stereocenters. The molecule has 3 aliphatic rings. The molecule has 1 aliphatic carbocycles. The Morgan fingerprint density at radius 3 is 2.54 bits per heavy atom. The molecule has 0 radical (unpaired) electrons. The van der Waals surface area contributed by atoms with Crippen molar-refractivity contribution in [3.63, 3.8) is 0 Å². The molecule has 2 aliphatic heterocycles. The molecule has 2 heterocycles. The number of rotatable bonds is 5. The number of nitrogens with one attached hydrogen (secondary N) is 2. The summed E-state index contributed by atoms with van der Waals surface area (Å²) in [5, 5.41) is 6.99. The maximum atomic E-state index is 12.6. The molecule has 2 N–H and O–H groups in total. The molecule has 26 heavy (non-hydrogen) atoms. The van der Waals surface area contributed by atoms with Gasteiger partial charge in [-0.3, -0.25) is 4.79 Å². The number of hydrogen-bond acceptors (Lipinski definition) is 2. The van der Waals surface area contributed by atoms with Crippen molar-refractivity contribution in [3.05, 3.63) is 35.4 Å². The van der Waals surface area contributed by atoms with Crippen molar-refractivity contribution in [1.82, 2.24) is 10.6 Å².